The van der Waals surface area contributed by atoms with E-state index in [9.17, 15) is 4.79 Å². The lowest BCUT2D eigenvalue weighted by molar-refractivity contribution is -0.125. The summed E-state index contributed by atoms with van der Waals surface area (Å²) in [5, 5.41) is 3.98. The monoisotopic (exact) mass is 356 g/mol. The highest BCUT2D eigenvalue weighted by Gasteiger charge is 2.37. The van der Waals surface area contributed by atoms with E-state index in [1.165, 1.54) is 18.4 Å². The highest BCUT2D eigenvalue weighted by atomic mass is 35.5. The van der Waals surface area contributed by atoms with Crippen molar-refractivity contribution in [3.63, 3.8) is 0 Å². The van der Waals surface area contributed by atoms with Gasteiger partial charge >= 0.3 is 0 Å². The molecule has 0 aliphatic heterocycles. The van der Waals surface area contributed by atoms with Crippen molar-refractivity contribution in [3.05, 3.63) is 34.9 Å². The minimum absolute atomic E-state index is 0. The van der Waals surface area contributed by atoms with Gasteiger partial charge in [-0.15, -0.1) is 12.4 Å². The number of hydrogen-bond acceptors (Lipinski definition) is 2. The molecule has 2 atom stereocenters. The summed E-state index contributed by atoms with van der Waals surface area (Å²) >= 11 is 6.01. The Bertz CT molecular complexity index is 526. The largest absolute Gasteiger partial charge is 0.355 e. The van der Waals surface area contributed by atoms with Crippen LogP contribution in [0.3, 0.4) is 0 Å². The number of halogens is 2. The van der Waals surface area contributed by atoms with E-state index in [2.05, 4.69) is 17.4 Å². The molecule has 23 heavy (non-hydrogen) atoms. The molecule has 1 aromatic carbocycles. The fraction of sp³-hybridized carbons (Fsp3) is 0.611. The fourth-order valence-electron chi connectivity index (χ4n) is 4.08. The number of carbonyl (C=O) groups excluding carboxylic acids is 1. The Labute approximate surface area is 149 Å². The second kappa shape index (κ2) is 7.87. The third-order valence-corrected chi connectivity index (χ3v) is 5.71. The lowest BCUT2D eigenvalue weighted by atomic mass is 9.78. The summed E-state index contributed by atoms with van der Waals surface area (Å²) in [6, 6.07) is 8.34. The maximum atomic E-state index is 12.4. The van der Waals surface area contributed by atoms with Crippen molar-refractivity contribution < 1.29 is 4.79 Å². The second-order valence-electron chi connectivity index (χ2n) is 6.98. The molecule has 0 radical (unpaired) electrons. The quantitative estimate of drug-likeness (QED) is 0.861. The Morgan fingerprint density at radius 3 is 2.43 bits per heavy atom. The Hall–Kier alpha value is -0.770. The highest BCUT2D eigenvalue weighted by molar-refractivity contribution is 6.30. The number of nitrogens with one attached hydrogen (secondary N) is 1. The van der Waals surface area contributed by atoms with Crippen LogP contribution in [0.2, 0.25) is 5.02 Å². The second-order valence-corrected chi connectivity index (χ2v) is 7.42. The molecule has 2 saturated carbocycles. The molecule has 2 aliphatic carbocycles. The van der Waals surface area contributed by atoms with Gasteiger partial charge in [-0.25, -0.2) is 0 Å². The molecule has 2 unspecified atom stereocenters. The Balaban J connectivity index is 0.00000192. The molecule has 1 amide bonds. The van der Waals surface area contributed by atoms with Crippen LogP contribution in [0.1, 0.15) is 50.5 Å². The van der Waals surface area contributed by atoms with Gasteiger partial charge in [0.2, 0.25) is 5.91 Å². The molecule has 5 heteroatoms. The van der Waals surface area contributed by atoms with Crippen LogP contribution in [0, 0.1) is 5.92 Å². The third kappa shape index (κ3) is 4.20. The van der Waals surface area contributed by atoms with E-state index in [1.54, 1.807) is 0 Å². The smallest absolute Gasteiger partial charge is 0.223 e. The van der Waals surface area contributed by atoms with Gasteiger partial charge in [0.25, 0.3) is 0 Å². The molecule has 0 heterocycles. The summed E-state index contributed by atoms with van der Waals surface area (Å²) in [5.41, 5.74) is 7.31. The molecule has 3 nitrogen and oxygen atoms in total. The van der Waals surface area contributed by atoms with Crippen molar-refractivity contribution in [1.82, 2.24) is 5.32 Å². The molecule has 2 fully saturated rings. The molecular formula is C18H26Cl2N2O. The zero-order chi connectivity index (χ0) is 15.6. The number of rotatable bonds is 4. The van der Waals surface area contributed by atoms with Crippen LogP contribution >= 0.6 is 24.0 Å². The van der Waals surface area contributed by atoms with Crippen molar-refractivity contribution in [2.24, 2.45) is 11.7 Å². The molecular weight excluding hydrogens is 331 g/mol. The van der Waals surface area contributed by atoms with Crippen LogP contribution in [0.5, 0.6) is 0 Å². The maximum Gasteiger partial charge on any atom is 0.223 e. The molecule has 3 rings (SSSR count). The third-order valence-electron chi connectivity index (χ3n) is 5.46. The topological polar surface area (TPSA) is 55.1 Å². The number of amides is 1. The van der Waals surface area contributed by atoms with Crippen LogP contribution in [0.25, 0.3) is 0 Å². The minimum atomic E-state index is 0. The van der Waals surface area contributed by atoms with E-state index in [1.807, 2.05) is 12.1 Å². The average Bonchev–Trinajstić information content (AvgIpc) is 3.15. The SMILES string of the molecule is Cl.NC1CCC(C(=O)NCC2(c3ccc(Cl)cc3)CCCC2)C1. The summed E-state index contributed by atoms with van der Waals surface area (Å²) < 4.78 is 0. The van der Waals surface area contributed by atoms with E-state index in [4.69, 9.17) is 17.3 Å². The summed E-state index contributed by atoms with van der Waals surface area (Å²) in [6.07, 6.45) is 7.47. The van der Waals surface area contributed by atoms with Gasteiger partial charge in [-0.3, -0.25) is 4.79 Å². The van der Waals surface area contributed by atoms with Crippen molar-refractivity contribution in [2.75, 3.05) is 6.54 Å². The number of hydrogen-bond donors (Lipinski definition) is 2. The van der Waals surface area contributed by atoms with E-state index in [0.29, 0.717) is 0 Å². The van der Waals surface area contributed by atoms with Crippen molar-refractivity contribution >= 4 is 29.9 Å². The Morgan fingerprint density at radius 2 is 1.87 bits per heavy atom. The number of carbonyl (C=O) groups is 1. The summed E-state index contributed by atoms with van der Waals surface area (Å²) in [5.74, 6) is 0.298. The predicted molar refractivity (Wildman–Crippen MR) is 97.2 cm³/mol. The van der Waals surface area contributed by atoms with Gasteiger partial charge in [-0.05, 0) is 49.8 Å². The first-order chi connectivity index (χ1) is 10.6. The highest BCUT2D eigenvalue weighted by Crippen LogP contribution is 2.41. The van der Waals surface area contributed by atoms with Crippen molar-refractivity contribution in [2.45, 2.75) is 56.4 Å². The van der Waals surface area contributed by atoms with Crippen LogP contribution in [-0.4, -0.2) is 18.5 Å². The molecule has 1 aromatic rings. The molecule has 3 N–H and O–H groups in total. The van der Waals surface area contributed by atoms with E-state index < -0.39 is 0 Å². The van der Waals surface area contributed by atoms with Gasteiger partial charge in [0.05, 0.1) is 0 Å². The maximum absolute atomic E-state index is 12.4. The van der Waals surface area contributed by atoms with E-state index >= 15 is 0 Å². The lowest BCUT2D eigenvalue weighted by Gasteiger charge is -2.30. The summed E-state index contributed by atoms with van der Waals surface area (Å²) in [7, 11) is 0. The van der Waals surface area contributed by atoms with Gasteiger partial charge in [0.1, 0.15) is 0 Å². The summed E-state index contributed by atoms with van der Waals surface area (Å²) in [6.45, 7) is 0.735. The average molecular weight is 357 g/mol. The van der Waals surface area contributed by atoms with Crippen molar-refractivity contribution in [3.8, 4) is 0 Å². The first-order valence-electron chi connectivity index (χ1n) is 8.38. The van der Waals surface area contributed by atoms with Crippen LogP contribution in [0.4, 0.5) is 0 Å². The molecule has 0 spiro atoms. The van der Waals surface area contributed by atoms with Gasteiger partial charge in [-0.1, -0.05) is 36.6 Å². The zero-order valence-electron chi connectivity index (χ0n) is 13.4. The number of nitrogens with two attached hydrogens (primary N) is 1. The van der Waals surface area contributed by atoms with Crippen molar-refractivity contribution in [1.29, 1.82) is 0 Å². The van der Waals surface area contributed by atoms with E-state index in [0.717, 1.165) is 43.7 Å². The Kier molecular flexibility index (Phi) is 6.35. The first kappa shape index (κ1) is 18.6. The molecule has 0 bridgehead atoms. The predicted octanol–water partition coefficient (Wildman–Crippen LogP) is 3.82. The van der Waals surface area contributed by atoms with Crippen LogP contribution < -0.4 is 11.1 Å². The Morgan fingerprint density at radius 1 is 1.22 bits per heavy atom. The normalized spacial score (nSPS) is 25.8. The lowest BCUT2D eigenvalue weighted by Crippen LogP contribution is -2.41. The minimum Gasteiger partial charge on any atom is -0.355 e. The van der Waals surface area contributed by atoms with Gasteiger partial charge in [-0.2, -0.15) is 0 Å². The summed E-state index contributed by atoms with van der Waals surface area (Å²) in [4.78, 5) is 12.4. The standard InChI is InChI=1S/C18H25ClN2O.ClH/c19-15-6-4-14(5-7-15)18(9-1-2-10-18)12-21-17(22)13-3-8-16(20)11-13;/h4-7,13,16H,1-3,8-12,20H2,(H,21,22);1H. The fourth-order valence-corrected chi connectivity index (χ4v) is 4.20. The molecule has 128 valence electrons. The van der Waals surface area contributed by atoms with Gasteiger partial charge in [0, 0.05) is 28.9 Å². The van der Waals surface area contributed by atoms with Gasteiger partial charge < -0.3 is 11.1 Å². The van der Waals surface area contributed by atoms with Crippen LogP contribution in [0.15, 0.2) is 24.3 Å². The van der Waals surface area contributed by atoms with Crippen LogP contribution in [-0.2, 0) is 10.2 Å². The zero-order valence-corrected chi connectivity index (χ0v) is 15.0. The van der Waals surface area contributed by atoms with E-state index in [-0.39, 0.29) is 35.7 Å². The van der Waals surface area contributed by atoms with Gasteiger partial charge in [0.15, 0.2) is 0 Å². The molecule has 2 aliphatic rings. The molecule has 0 aromatic heterocycles. The molecule has 0 saturated heterocycles. The number of benzene rings is 1. The first-order valence-corrected chi connectivity index (χ1v) is 8.76.